The third kappa shape index (κ3) is 4.37. The second-order valence-electron chi connectivity index (χ2n) is 8.68. The van der Waals surface area contributed by atoms with Gasteiger partial charge in [0, 0.05) is 41.5 Å². The molecule has 0 bridgehead atoms. The maximum absolute atomic E-state index is 5.72. The van der Waals surface area contributed by atoms with E-state index < -0.39 is 0 Å². The summed E-state index contributed by atoms with van der Waals surface area (Å²) in [6.07, 6.45) is 3.47. The van der Waals surface area contributed by atoms with Gasteiger partial charge in [-0.3, -0.25) is 0 Å². The predicted octanol–water partition coefficient (Wildman–Crippen LogP) is 4.13. The van der Waals surface area contributed by atoms with E-state index in [1.165, 1.54) is 22.2 Å². The first-order chi connectivity index (χ1) is 16.7. The minimum absolute atomic E-state index is 0.0513. The highest BCUT2D eigenvalue weighted by molar-refractivity contribution is 5.87. The summed E-state index contributed by atoms with van der Waals surface area (Å²) in [6.45, 7) is 3.96. The molecule has 2 aliphatic rings. The first-order valence-corrected chi connectivity index (χ1v) is 11.7. The Morgan fingerprint density at radius 3 is 2.85 bits per heavy atom. The topological polar surface area (TPSA) is 86.3 Å². The molecule has 0 saturated carbocycles. The lowest BCUT2D eigenvalue weighted by Gasteiger charge is -2.15. The zero-order chi connectivity index (χ0) is 23.5. The van der Waals surface area contributed by atoms with Crippen LogP contribution in [-0.4, -0.2) is 50.9 Å². The van der Waals surface area contributed by atoms with Crippen LogP contribution >= 0.6 is 0 Å². The summed E-state index contributed by atoms with van der Waals surface area (Å²) in [6, 6.07) is 10.4. The van der Waals surface area contributed by atoms with Gasteiger partial charge in [0.2, 0.25) is 18.3 Å². The van der Waals surface area contributed by atoms with Crippen LogP contribution in [0.5, 0.6) is 23.0 Å². The number of aromatic nitrogens is 1. The smallest absolute Gasteiger partial charge is 0.231 e. The summed E-state index contributed by atoms with van der Waals surface area (Å²) in [5.41, 5.74) is 5.86. The molecule has 0 fully saturated rings. The zero-order valence-corrected chi connectivity index (χ0v) is 19.9. The van der Waals surface area contributed by atoms with Gasteiger partial charge in [-0.25, -0.2) is 0 Å². The van der Waals surface area contributed by atoms with Gasteiger partial charge in [0.05, 0.1) is 19.9 Å². The van der Waals surface area contributed by atoms with Crippen LogP contribution in [0.2, 0.25) is 0 Å². The van der Waals surface area contributed by atoms with Crippen LogP contribution in [-0.2, 0) is 17.7 Å². The Bertz CT molecular complexity index is 1200. The number of oxime groups is 1. The molecule has 0 aliphatic carbocycles. The highest BCUT2D eigenvalue weighted by Crippen LogP contribution is 2.50. The van der Waals surface area contributed by atoms with Gasteiger partial charge < -0.3 is 34.1 Å². The van der Waals surface area contributed by atoms with Gasteiger partial charge in [-0.15, -0.1) is 0 Å². The molecular weight excluding hydrogens is 434 g/mol. The quantitative estimate of drug-likeness (QED) is 0.438. The molecule has 2 aliphatic heterocycles. The lowest BCUT2D eigenvalue weighted by Crippen LogP contribution is -2.24. The molecule has 0 saturated heterocycles. The highest BCUT2D eigenvalue weighted by Gasteiger charge is 2.30. The Labute approximate surface area is 199 Å². The van der Waals surface area contributed by atoms with E-state index in [1.807, 2.05) is 6.07 Å². The monoisotopic (exact) mass is 465 g/mol. The van der Waals surface area contributed by atoms with Crippen molar-refractivity contribution in [3.8, 4) is 23.0 Å². The molecule has 2 aromatic carbocycles. The molecule has 5 rings (SSSR count). The number of benzene rings is 2. The number of H-pyrrole nitrogens is 1. The van der Waals surface area contributed by atoms with Gasteiger partial charge in [-0.1, -0.05) is 23.4 Å². The van der Waals surface area contributed by atoms with Gasteiger partial charge in [-0.05, 0) is 44.0 Å². The standard InChI is InChI=1S/C26H31N3O5/c1-16-20(21-7-4-5-9-22(21)28-16)8-6-10-27-14-18-13-19(34-29-18)11-17-12-23(30-2)25-26(24(17)31-3)33-15-32-25/h4-5,7,9,12,19,27-28H,6,8,10-11,13-15H2,1-3H3/t19-/m0/s1. The minimum atomic E-state index is -0.0513. The summed E-state index contributed by atoms with van der Waals surface area (Å²) in [5, 5.41) is 9.15. The molecule has 8 nitrogen and oxygen atoms in total. The van der Waals surface area contributed by atoms with E-state index in [2.05, 4.69) is 46.6 Å². The number of hydrogen-bond donors (Lipinski definition) is 2. The van der Waals surface area contributed by atoms with E-state index >= 15 is 0 Å². The largest absolute Gasteiger partial charge is 0.493 e. The molecule has 180 valence electrons. The van der Waals surface area contributed by atoms with Crippen molar-refractivity contribution in [2.45, 2.75) is 38.7 Å². The van der Waals surface area contributed by atoms with Crippen molar-refractivity contribution in [3.63, 3.8) is 0 Å². The lowest BCUT2D eigenvalue weighted by molar-refractivity contribution is 0.0853. The van der Waals surface area contributed by atoms with Crippen molar-refractivity contribution in [2.75, 3.05) is 34.1 Å². The summed E-state index contributed by atoms with van der Waals surface area (Å²) < 4.78 is 22.2. The maximum atomic E-state index is 5.72. The van der Waals surface area contributed by atoms with Crippen molar-refractivity contribution in [1.82, 2.24) is 10.3 Å². The van der Waals surface area contributed by atoms with Gasteiger partial charge in [0.1, 0.15) is 6.10 Å². The van der Waals surface area contributed by atoms with Gasteiger partial charge >= 0.3 is 0 Å². The van der Waals surface area contributed by atoms with E-state index in [1.54, 1.807) is 14.2 Å². The Hall–Kier alpha value is -3.39. The first-order valence-electron chi connectivity index (χ1n) is 11.7. The fraction of sp³-hybridized carbons (Fsp3) is 0.423. The van der Waals surface area contributed by atoms with Crippen molar-refractivity contribution in [3.05, 3.63) is 47.2 Å². The molecule has 0 unspecified atom stereocenters. The predicted molar refractivity (Wildman–Crippen MR) is 131 cm³/mol. The number of nitrogens with zero attached hydrogens (tertiary/aromatic N) is 1. The molecule has 0 spiro atoms. The Morgan fingerprint density at radius 2 is 2.00 bits per heavy atom. The van der Waals surface area contributed by atoms with Crippen LogP contribution in [0.15, 0.2) is 35.5 Å². The normalized spacial score (nSPS) is 16.6. The SMILES string of the molecule is COc1cc(C[C@H]2CC(CNCCCc3c(C)[nH]c4ccccc34)=NO2)c(OC)c2c1OCO2. The Balaban J connectivity index is 1.11. The molecule has 8 heteroatoms. The fourth-order valence-corrected chi connectivity index (χ4v) is 4.82. The highest BCUT2D eigenvalue weighted by atomic mass is 16.7. The van der Waals surface area contributed by atoms with E-state index in [0.29, 0.717) is 29.4 Å². The van der Waals surface area contributed by atoms with Crippen LogP contribution < -0.4 is 24.3 Å². The number of rotatable bonds is 10. The third-order valence-corrected chi connectivity index (χ3v) is 6.44. The number of aromatic amines is 1. The van der Waals surface area contributed by atoms with Crippen LogP contribution in [0.1, 0.15) is 29.7 Å². The fourth-order valence-electron chi connectivity index (χ4n) is 4.82. The molecule has 2 N–H and O–H groups in total. The zero-order valence-electron chi connectivity index (χ0n) is 19.9. The number of ether oxygens (including phenoxy) is 4. The van der Waals surface area contributed by atoms with Gasteiger partial charge in [0.25, 0.3) is 0 Å². The molecule has 0 amide bonds. The second kappa shape index (κ2) is 9.85. The van der Waals surface area contributed by atoms with Crippen molar-refractivity contribution >= 4 is 16.6 Å². The molecule has 1 atom stereocenters. The van der Waals surface area contributed by atoms with E-state index in [4.69, 9.17) is 23.8 Å². The second-order valence-corrected chi connectivity index (χ2v) is 8.68. The van der Waals surface area contributed by atoms with Crippen molar-refractivity contribution < 1.29 is 23.8 Å². The van der Waals surface area contributed by atoms with E-state index in [9.17, 15) is 0 Å². The van der Waals surface area contributed by atoms with Crippen LogP contribution in [0.25, 0.3) is 10.9 Å². The maximum Gasteiger partial charge on any atom is 0.231 e. The summed E-state index contributed by atoms with van der Waals surface area (Å²) in [5.74, 6) is 2.47. The van der Waals surface area contributed by atoms with Crippen LogP contribution in [0.3, 0.4) is 0 Å². The summed E-state index contributed by atoms with van der Waals surface area (Å²) >= 11 is 0. The van der Waals surface area contributed by atoms with E-state index in [-0.39, 0.29) is 12.9 Å². The molecule has 1 aromatic heterocycles. The molecular formula is C26H31N3O5. The number of nitrogens with one attached hydrogen (secondary N) is 2. The average Bonchev–Trinajstić information content (AvgIpc) is 3.57. The summed E-state index contributed by atoms with van der Waals surface area (Å²) in [7, 11) is 3.25. The molecule has 3 heterocycles. The molecule has 3 aromatic rings. The number of para-hydroxylation sites is 1. The lowest BCUT2D eigenvalue weighted by atomic mass is 10.0. The summed E-state index contributed by atoms with van der Waals surface area (Å²) in [4.78, 5) is 9.20. The van der Waals surface area contributed by atoms with Crippen molar-refractivity contribution in [2.24, 2.45) is 5.16 Å². The first kappa shape index (κ1) is 22.4. The Morgan fingerprint density at radius 1 is 1.15 bits per heavy atom. The number of aryl methyl sites for hydroxylation is 2. The van der Waals surface area contributed by atoms with Crippen LogP contribution in [0, 0.1) is 6.92 Å². The minimum Gasteiger partial charge on any atom is -0.493 e. The molecule has 0 radical (unpaired) electrons. The van der Waals surface area contributed by atoms with Crippen molar-refractivity contribution in [1.29, 1.82) is 0 Å². The Kier molecular flexibility index (Phi) is 6.49. The van der Waals surface area contributed by atoms with Crippen LogP contribution in [0.4, 0.5) is 0 Å². The molecule has 34 heavy (non-hydrogen) atoms. The third-order valence-electron chi connectivity index (χ3n) is 6.44. The number of hydrogen-bond acceptors (Lipinski definition) is 7. The number of methoxy groups -OCH3 is 2. The number of fused-ring (bicyclic) bond motifs is 2. The van der Waals surface area contributed by atoms with Gasteiger partial charge in [0.15, 0.2) is 11.5 Å². The average molecular weight is 466 g/mol. The van der Waals surface area contributed by atoms with Gasteiger partial charge in [-0.2, -0.15) is 0 Å². The van der Waals surface area contributed by atoms with E-state index in [0.717, 1.165) is 43.6 Å².